The smallest absolute Gasteiger partial charge is 0.377 e. The summed E-state index contributed by atoms with van der Waals surface area (Å²) in [5.74, 6) is -1.96. The fourth-order valence-corrected chi connectivity index (χ4v) is 6.90. The number of nitrogens with one attached hydrogen (secondary N) is 2. The first-order chi connectivity index (χ1) is 23.8. The number of hydrogen-bond donors (Lipinski definition) is 2. The van der Waals surface area contributed by atoms with Crippen LogP contribution in [0.5, 0.6) is 0 Å². The molecule has 266 valence electrons. The normalized spacial score (nSPS) is 18.5. The highest BCUT2D eigenvalue weighted by Crippen LogP contribution is 2.36. The highest BCUT2D eigenvalue weighted by Gasteiger charge is 2.36. The number of ether oxygens (including phenoxy) is 1. The van der Waals surface area contributed by atoms with Crippen molar-refractivity contribution in [3.05, 3.63) is 73.0 Å². The van der Waals surface area contributed by atoms with Crippen LogP contribution in [-0.2, 0) is 28.7 Å². The number of anilines is 3. The Morgan fingerprint density at radius 3 is 2.62 bits per heavy atom. The van der Waals surface area contributed by atoms with Crippen LogP contribution in [0.3, 0.4) is 0 Å². The molecule has 0 bridgehead atoms. The van der Waals surface area contributed by atoms with E-state index in [9.17, 15) is 31.9 Å². The van der Waals surface area contributed by atoms with Crippen LogP contribution in [0.4, 0.5) is 34.6 Å². The largest absolute Gasteiger partial charge is 0.419 e. The summed E-state index contributed by atoms with van der Waals surface area (Å²) in [6.45, 7) is 5.33. The molecule has 0 spiro atoms. The van der Waals surface area contributed by atoms with Gasteiger partial charge in [-0.05, 0) is 50.3 Å². The first kappa shape index (κ1) is 33.8. The summed E-state index contributed by atoms with van der Waals surface area (Å²) in [4.78, 5) is 49.5. The molecular formula is C32H34ClF4N9O4. The number of piperazine rings is 1. The van der Waals surface area contributed by atoms with Crippen LogP contribution in [0.15, 0.2) is 34.0 Å². The van der Waals surface area contributed by atoms with Crippen LogP contribution in [0.25, 0.3) is 11.4 Å². The van der Waals surface area contributed by atoms with Crippen molar-refractivity contribution in [2.75, 3.05) is 48.0 Å². The van der Waals surface area contributed by atoms with Gasteiger partial charge in [0.2, 0.25) is 11.7 Å². The number of benzene rings is 1. The minimum absolute atomic E-state index is 0.0810. The average molecular weight is 720 g/mol. The molecule has 7 rings (SSSR count). The Kier molecular flexibility index (Phi) is 8.74. The summed E-state index contributed by atoms with van der Waals surface area (Å²) in [6, 6.07) is 0.961. The van der Waals surface area contributed by atoms with Crippen LogP contribution >= 0.6 is 11.6 Å². The van der Waals surface area contributed by atoms with Crippen molar-refractivity contribution in [1.82, 2.24) is 28.9 Å². The van der Waals surface area contributed by atoms with E-state index in [-0.39, 0.29) is 29.1 Å². The maximum absolute atomic E-state index is 14.4. The second-order valence-corrected chi connectivity index (χ2v) is 13.1. The molecule has 2 aliphatic heterocycles. The summed E-state index contributed by atoms with van der Waals surface area (Å²) in [6.07, 6.45) is 1.29. The number of hydrogen-bond acceptors (Lipinski definition) is 8. The summed E-state index contributed by atoms with van der Waals surface area (Å²) in [5.41, 5.74) is -0.310. The first-order valence-corrected chi connectivity index (χ1v) is 16.7. The van der Waals surface area contributed by atoms with E-state index in [0.29, 0.717) is 80.7 Å². The molecular weight excluding hydrogens is 686 g/mol. The molecule has 0 radical (unpaired) electrons. The molecule has 0 unspecified atom stereocenters. The molecule has 1 atom stereocenters. The van der Waals surface area contributed by atoms with Crippen LogP contribution in [0.2, 0.25) is 5.02 Å². The molecule has 1 saturated carbocycles. The van der Waals surface area contributed by atoms with Gasteiger partial charge in [0.25, 0.3) is 11.1 Å². The van der Waals surface area contributed by atoms with Crippen molar-refractivity contribution in [1.29, 1.82) is 0 Å². The highest BCUT2D eigenvalue weighted by molar-refractivity contribution is 6.33. The Labute approximate surface area is 287 Å². The Morgan fingerprint density at radius 2 is 1.96 bits per heavy atom. The van der Waals surface area contributed by atoms with Crippen molar-refractivity contribution >= 4 is 45.9 Å². The SMILES string of the molecule is CCc1c(N2CCN(c3c[nH]n(C4CC4)c3=O)[C@H](C)C2)c(=O)n2nc(C3=CCOCC3)nc2n1CC(=O)Nc1cc(F)c(C(F)(F)F)cc1Cl. The average Bonchev–Trinajstić information content (AvgIpc) is 3.70. The second-order valence-electron chi connectivity index (χ2n) is 12.7. The number of aromatic amines is 1. The predicted octanol–water partition coefficient (Wildman–Crippen LogP) is 4.25. The lowest BCUT2D eigenvalue weighted by Crippen LogP contribution is -2.54. The van der Waals surface area contributed by atoms with Crippen molar-refractivity contribution in [2.45, 2.75) is 64.3 Å². The molecule has 3 aliphatic rings. The Balaban J connectivity index is 1.25. The maximum atomic E-state index is 14.4. The van der Waals surface area contributed by atoms with Gasteiger partial charge in [0, 0.05) is 31.9 Å². The van der Waals surface area contributed by atoms with E-state index in [1.807, 2.05) is 29.7 Å². The number of aromatic nitrogens is 6. The van der Waals surface area contributed by atoms with Gasteiger partial charge in [-0.25, -0.2) is 9.07 Å². The van der Waals surface area contributed by atoms with Crippen LogP contribution in [-0.4, -0.2) is 73.7 Å². The zero-order valence-electron chi connectivity index (χ0n) is 27.2. The number of carbonyl (C=O) groups is 1. The van der Waals surface area contributed by atoms with E-state index in [1.54, 1.807) is 10.9 Å². The number of carbonyl (C=O) groups excluding carboxylic acids is 1. The lowest BCUT2D eigenvalue weighted by atomic mass is 10.1. The molecule has 1 amide bonds. The van der Waals surface area contributed by atoms with Gasteiger partial charge in [0.1, 0.15) is 23.7 Å². The topological polar surface area (TPSA) is 135 Å². The van der Waals surface area contributed by atoms with Crippen LogP contribution in [0.1, 0.15) is 56.2 Å². The standard InChI is InChI=1S/C32H34ClF4N9O4/c1-3-24-27(42-8-9-43(17(2)15-42)25-14-38-45(29(25)48)19-4-5-19)30(49)46-31(40-28(41-46)18-6-10-50-11-7-18)44(24)16-26(47)39-23-13-22(34)20(12-21(23)33)32(35,36)37/h6,12-14,17,19,38H,3-5,7-11,15-16H2,1-2H3,(H,39,47)/t17-/m1/s1. The van der Waals surface area contributed by atoms with Crippen molar-refractivity contribution in [3.63, 3.8) is 0 Å². The molecule has 50 heavy (non-hydrogen) atoms. The van der Waals surface area contributed by atoms with Gasteiger partial charge in [0.05, 0.1) is 41.2 Å². The predicted molar refractivity (Wildman–Crippen MR) is 177 cm³/mol. The van der Waals surface area contributed by atoms with E-state index >= 15 is 0 Å². The molecule has 1 saturated heterocycles. The summed E-state index contributed by atoms with van der Waals surface area (Å²) in [7, 11) is 0. The highest BCUT2D eigenvalue weighted by atomic mass is 35.5. The third-order valence-electron chi connectivity index (χ3n) is 9.29. The molecule has 18 heteroatoms. The zero-order valence-corrected chi connectivity index (χ0v) is 27.9. The number of nitrogens with zero attached hydrogens (tertiary/aromatic N) is 7. The maximum Gasteiger partial charge on any atom is 0.419 e. The summed E-state index contributed by atoms with van der Waals surface area (Å²) >= 11 is 6.04. The number of fused-ring (bicyclic) bond motifs is 1. The summed E-state index contributed by atoms with van der Waals surface area (Å²) < 4.78 is 63.8. The monoisotopic (exact) mass is 719 g/mol. The van der Waals surface area contributed by atoms with Crippen molar-refractivity contribution < 1.29 is 27.1 Å². The van der Waals surface area contributed by atoms with Gasteiger partial charge >= 0.3 is 6.18 Å². The van der Waals surface area contributed by atoms with E-state index in [4.69, 9.17) is 16.3 Å². The van der Waals surface area contributed by atoms with Gasteiger partial charge in [-0.15, -0.1) is 5.10 Å². The molecule has 1 aliphatic carbocycles. The number of rotatable bonds is 8. The number of halogens is 5. The molecule has 3 aromatic heterocycles. The van der Waals surface area contributed by atoms with Crippen molar-refractivity contribution in [2.24, 2.45) is 0 Å². The minimum Gasteiger partial charge on any atom is -0.377 e. The Hall–Kier alpha value is -4.64. The van der Waals surface area contributed by atoms with Gasteiger partial charge in [-0.1, -0.05) is 24.6 Å². The lowest BCUT2D eigenvalue weighted by molar-refractivity contribution is -0.139. The number of amides is 1. The molecule has 2 fully saturated rings. The molecule has 5 heterocycles. The Bertz CT molecular complexity index is 2130. The van der Waals surface area contributed by atoms with Crippen molar-refractivity contribution in [3.8, 4) is 0 Å². The van der Waals surface area contributed by atoms with Gasteiger partial charge < -0.3 is 29.5 Å². The lowest BCUT2D eigenvalue weighted by Gasteiger charge is -2.41. The molecule has 4 aromatic rings. The van der Waals surface area contributed by atoms with Gasteiger partial charge in [-0.2, -0.15) is 22.7 Å². The third-order valence-corrected chi connectivity index (χ3v) is 9.61. The van der Waals surface area contributed by atoms with E-state index < -0.39 is 40.6 Å². The zero-order chi connectivity index (χ0) is 35.5. The fraction of sp³-hybridized carbons (Fsp3) is 0.469. The minimum atomic E-state index is -4.98. The van der Waals surface area contributed by atoms with E-state index in [0.717, 1.165) is 22.9 Å². The molecule has 1 aromatic carbocycles. The summed E-state index contributed by atoms with van der Waals surface area (Å²) in [5, 5.41) is 9.54. The second kappa shape index (κ2) is 12.9. The third kappa shape index (κ3) is 6.16. The van der Waals surface area contributed by atoms with Gasteiger partial charge in [-0.3, -0.25) is 14.4 Å². The fourth-order valence-electron chi connectivity index (χ4n) is 6.69. The number of H-pyrrole nitrogens is 1. The molecule has 2 N–H and O–H groups in total. The number of alkyl halides is 3. The quantitative estimate of drug-likeness (QED) is 0.259. The van der Waals surface area contributed by atoms with Gasteiger partial charge in [0.15, 0.2) is 5.82 Å². The first-order valence-electron chi connectivity index (χ1n) is 16.3. The Morgan fingerprint density at radius 1 is 1.18 bits per heavy atom. The van der Waals surface area contributed by atoms with Crippen LogP contribution in [0, 0.1) is 5.82 Å². The van der Waals surface area contributed by atoms with Crippen LogP contribution < -0.4 is 26.2 Å². The van der Waals surface area contributed by atoms with E-state index in [1.165, 1.54) is 4.57 Å². The van der Waals surface area contributed by atoms with E-state index in [2.05, 4.69) is 20.5 Å². The molecule has 13 nitrogen and oxygen atoms in total.